The van der Waals surface area contributed by atoms with E-state index in [0.717, 1.165) is 61.8 Å². The van der Waals surface area contributed by atoms with Crippen LogP contribution in [-0.2, 0) is 27.2 Å². The monoisotopic (exact) mass is 421 g/mol. The number of nitrogens with two attached hydrogens (primary N) is 1. The van der Waals surface area contributed by atoms with Crippen LogP contribution in [0.5, 0.6) is 0 Å². The van der Waals surface area contributed by atoms with Crippen LogP contribution in [-0.4, -0.2) is 48.9 Å². The van der Waals surface area contributed by atoms with Crippen LogP contribution in [0, 0.1) is 5.92 Å². The third kappa shape index (κ3) is 5.17. The maximum Gasteiger partial charge on any atom is 0.251 e. The minimum absolute atomic E-state index is 0.0377. The van der Waals surface area contributed by atoms with Crippen molar-refractivity contribution in [3.8, 4) is 0 Å². The molecule has 1 saturated carbocycles. The van der Waals surface area contributed by atoms with Crippen molar-refractivity contribution in [1.82, 2.24) is 4.90 Å². The Balaban J connectivity index is 1.76. The normalized spacial score (nSPS) is 19.4. The average molecular weight is 422 g/mol. The van der Waals surface area contributed by atoms with Gasteiger partial charge in [-0.2, -0.15) is 0 Å². The van der Waals surface area contributed by atoms with E-state index >= 15 is 0 Å². The second kappa shape index (κ2) is 9.71. The average Bonchev–Trinajstić information content (AvgIpc) is 3.03. The Morgan fingerprint density at radius 1 is 1.21 bits per heavy atom. The standard InChI is InChI=1S/C21H31N3O4S/c1-13-8-9-15-16(10-13)29-21(19(15)20(22)27)23-17(25)11-24(18(26)12-28-2)14-6-4-3-5-7-14/h13-14H,3-12H2,1-2H3,(H2,22,27)(H,23,25). The highest BCUT2D eigenvalue weighted by atomic mass is 32.1. The molecule has 1 aromatic rings. The van der Waals surface area contributed by atoms with Crippen LogP contribution in [0.4, 0.5) is 5.00 Å². The molecular weight excluding hydrogens is 390 g/mol. The molecule has 0 aliphatic heterocycles. The van der Waals surface area contributed by atoms with Gasteiger partial charge in [0.25, 0.3) is 5.91 Å². The second-order valence-electron chi connectivity index (χ2n) is 8.21. The molecule has 160 valence electrons. The molecule has 1 heterocycles. The number of anilines is 1. The topological polar surface area (TPSA) is 102 Å². The van der Waals surface area contributed by atoms with Gasteiger partial charge in [-0.1, -0.05) is 26.2 Å². The van der Waals surface area contributed by atoms with Crippen molar-refractivity contribution in [3.05, 3.63) is 16.0 Å². The summed E-state index contributed by atoms with van der Waals surface area (Å²) in [5.74, 6) is -0.427. The predicted molar refractivity (Wildman–Crippen MR) is 113 cm³/mol. The first-order valence-electron chi connectivity index (χ1n) is 10.4. The van der Waals surface area contributed by atoms with E-state index < -0.39 is 5.91 Å². The highest BCUT2D eigenvalue weighted by molar-refractivity contribution is 7.17. The van der Waals surface area contributed by atoms with Crippen molar-refractivity contribution in [2.24, 2.45) is 11.7 Å². The molecule has 29 heavy (non-hydrogen) atoms. The number of methoxy groups -OCH3 is 1. The van der Waals surface area contributed by atoms with Crippen molar-refractivity contribution in [1.29, 1.82) is 0 Å². The number of amides is 3. The lowest BCUT2D eigenvalue weighted by atomic mass is 9.88. The first kappa shape index (κ1) is 21.8. The summed E-state index contributed by atoms with van der Waals surface area (Å²) in [7, 11) is 1.48. The Labute approximate surface area is 176 Å². The molecule has 2 aliphatic carbocycles. The number of hydrogen-bond donors (Lipinski definition) is 2. The van der Waals surface area contributed by atoms with Crippen molar-refractivity contribution >= 4 is 34.1 Å². The van der Waals surface area contributed by atoms with Crippen LogP contribution in [0.1, 0.15) is 66.2 Å². The molecule has 7 nitrogen and oxygen atoms in total. The zero-order valence-electron chi connectivity index (χ0n) is 17.3. The van der Waals surface area contributed by atoms with E-state index in [1.165, 1.54) is 18.4 Å². The van der Waals surface area contributed by atoms with Gasteiger partial charge in [0.05, 0.1) is 5.56 Å². The van der Waals surface area contributed by atoms with E-state index in [0.29, 0.717) is 16.5 Å². The fourth-order valence-electron chi connectivity index (χ4n) is 4.44. The van der Waals surface area contributed by atoms with Crippen LogP contribution < -0.4 is 11.1 Å². The van der Waals surface area contributed by atoms with Crippen LogP contribution in [0.2, 0.25) is 0 Å². The van der Waals surface area contributed by atoms with Gasteiger partial charge in [0, 0.05) is 18.0 Å². The molecule has 8 heteroatoms. The van der Waals surface area contributed by atoms with Crippen LogP contribution in [0.3, 0.4) is 0 Å². The maximum atomic E-state index is 12.8. The number of carbonyl (C=O) groups is 3. The lowest BCUT2D eigenvalue weighted by Gasteiger charge is -2.33. The lowest BCUT2D eigenvalue weighted by molar-refractivity contribution is -0.141. The van der Waals surface area contributed by atoms with Gasteiger partial charge in [-0.25, -0.2) is 0 Å². The molecule has 1 unspecified atom stereocenters. The zero-order valence-corrected chi connectivity index (χ0v) is 18.1. The van der Waals surface area contributed by atoms with Gasteiger partial charge in [0.15, 0.2) is 0 Å². The van der Waals surface area contributed by atoms with Gasteiger partial charge in [0.2, 0.25) is 11.8 Å². The Morgan fingerprint density at radius 3 is 2.59 bits per heavy atom. The number of primary amides is 1. The van der Waals surface area contributed by atoms with Gasteiger partial charge in [0.1, 0.15) is 18.2 Å². The van der Waals surface area contributed by atoms with E-state index in [4.69, 9.17) is 10.5 Å². The molecule has 1 atom stereocenters. The number of thiophene rings is 1. The summed E-state index contributed by atoms with van der Waals surface area (Å²) in [6.45, 7) is 2.11. The van der Waals surface area contributed by atoms with E-state index in [-0.39, 0.29) is 31.0 Å². The highest BCUT2D eigenvalue weighted by Crippen LogP contribution is 2.39. The first-order chi connectivity index (χ1) is 13.9. The van der Waals surface area contributed by atoms with Gasteiger partial charge in [-0.05, 0) is 43.6 Å². The molecule has 3 rings (SSSR count). The minimum atomic E-state index is -0.507. The predicted octanol–water partition coefficient (Wildman–Crippen LogP) is 2.72. The number of nitrogens with zero attached hydrogens (tertiary/aromatic N) is 1. The maximum absolute atomic E-state index is 12.8. The van der Waals surface area contributed by atoms with Crippen molar-refractivity contribution in [2.45, 2.75) is 64.3 Å². The summed E-state index contributed by atoms with van der Waals surface area (Å²) < 4.78 is 5.01. The zero-order chi connectivity index (χ0) is 21.0. The van der Waals surface area contributed by atoms with Gasteiger partial charge in [-0.15, -0.1) is 11.3 Å². The number of fused-ring (bicyclic) bond motifs is 1. The smallest absolute Gasteiger partial charge is 0.251 e. The summed E-state index contributed by atoms with van der Waals surface area (Å²) in [6, 6.07) is 0.0603. The number of nitrogens with one attached hydrogen (secondary N) is 1. The molecule has 0 saturated heterocycles. The minimum Gasteiger partial charge on any atom is -0.375 e. The summed E-state index contributed by atoms with van der Waals surface area (Å²) >= 11 is 1.44. The largest absolute Gasteiger partial charge is 0.375 e. The Morgan fingerprint density at radius 2 is 1.93 bits per heavy atom. The molecule has 0 bridgehead atoms. The molecule has 0 aromatic carbocycles. The number of ether oxygens (including phenoxy) is 1. The third-order valence-corrected chi connectivity index (χ3v) is 7.10. The van der Waals surface area contributed by atoms with Crippen LogP contribution in [0.25, 0.3) is 0 Å². The molecule has 1 aromatic heterocycles. The third-order valence-electron chi connectivity index (χ3n) is 5.93. The lowest BCUT2D eigenvalue weighted by Crippen LogP contribution is -2.47. The fraction of sp³-hybridized carbons (Fsp3) is 0.667. The molecule has 3 N–H and O–H groups in total. The van der Waals surface area contributed by atoms with Crippen LogP contribution >= 0.6 is 11.3 Å². The first-order valence-corrected chi connectivity index (χ1v) is 11.2. The quantitative estimate of drug-likeness (QED) is 0.707. The Bertz CT molecular complexity index is 770. The van der Waals surface area contributed by atoms with E-state index in [1.54, 1.807) is 4.90 Å². The fourth-order valence-corrected chi connectivity index (χ4v) is 5.87. The van der Waals surface area contributed by atoms with Crippen molar-refractivity contribution < 1.29 is 19.1 Å². The molecule has 2 aliphatic rings. The van der Waals surface area contributed by atoms with Gasteiger partial charge in [-0.3, -0.25) is 14.4 Å². The molecule has 1 fully saturated rings. The molecule has 0 spiro atoms. The molecular formula is C21H31N3O4S. The number of rotatable bonds is 7. The molecule has 0 radical (unpaired) electrons. The summed E-state index contributed by atoms with van der Waals surface area (Å²) in [4.78, 5) is 40.2. The van der Waals surface area contributed by atoms with E-state index in [1.807, 2.05) is 0 Å². The highest BCUT2D eigenvalue weighted by Gasteiger charge is 2.30. The Hall–Kier alpha value is -1.93. The van der Waals surface area contributed by atoms with Crippen LogP contribution in [0.15, 0.2) is 0 Å². The van der Waals surface area contributed by atoms with E-state index in [2.05, 4.69) is 12.2 Å². The molecule has 3 amide bonds. The number of hydrogen-bond acceptors (Lipinski definition) is 5. The van der Waals surface area contributed by atoms with Crippen molar-refractivity contribution in [2.75, 3.05) is 25.6 Å². The second-order valence-corrected chi connectivity index (χ2v) is 9.32. The van der Waals surface area contributed by atoms with Gasteiger partial charge < -0.3 is 20.7 Å². The van der Waals surface area contributed by atoms with E-state index in [9.17, 15) is 14.4 Å². The summed E-state index contributed by atoms with van der Waals surface area (Å²) in [5.41, 5.74) is 7.06. The SMILES string of the molecule is COCC(=O)N(CC(=O)Nc1sc2c(c1C(N)=O)CCC(C)C2)C1CCCCC1. The Kier molecular flexibility index (Phi) is 7.29. The summed E-state index contributed by atoms with van der Waals surface area (Å²) in [6.07, 6.45) is 7.81. The van der Waals surface area contributed by atoms with Gasteiger partial charge >= 0.3 is 0 Å². The summed E-state index contributed by atoms with van der Waals surface area (Å²) in [5, 5.41) is 3.39. The van der Waals surface area contributed by atoms with Crippen molar-refractivity contribution in [3.63, 3.8) is 0 Å². The number of carbonyl (C=O) groups excluding carboxylic acids is 3.